The molecule has 0 bridgehead atoms. The molecule has 12 heavy (non-hydrogen) atoms. The zero-order valence-electron chi connectivity index (χ0n) is 6.57. The molecule has 0 unspecified atom stereocenters. The SMILES string of the molecule is Cc1[c]ccc(-c2nnn[nH]2)c1. The zero-order valence-corrected chi connectivity index (χ0v) is 6.57. The lowest BCUT2D eigenvalue weighted by Gasteiger charge is -1.94. The average Bonchev–Trinajstić information content (AvgIpc) is 2.56. The van der Waals surface area contributed by atoms with Gasteiger partial charge in [0.25, 0.3) is 0 Å². The van der Waals surface area contributed by atoms with Crippen molar-refractivity contribution < 1.29 is 0 Å². The summed E-state index contributed by atoms with van der Waals surface area (Å²) in [5, 5.41) is 13.5. The van der Waals surface area contributed by atoms with Crippen LogP contribution in [0.2, 0.25) is 0 Å². The van der Waals surface area contributed by atoms with Crippen molar-refractivity contribution in [1.29, 1.82) is 0 Å². The van der Waals surface area contributed by atoms with Gasteiger partial charge in [-0.1, -0.05) is 12.1 Å². The first kappa shape index (κ1) is 6.97. The summed E-state index contributed by atoms with van der Waals surface area (Å²) in [7, 11) is 0. The molecule has 0 atom stereocenters. The fourth-order valence-electron chi connectivity index (χ4n) is 1.01. The van der Waals surface area contributed by atoms with Crippen LogP contribution in [-0.2, 0) is 0 Å². The van der Waals surface area contributed by atoms with E-state index in [-0.39, 0.29) is 0 Å². The monoisotopic (exact) mass is 159 g/mol. The lowest BCUT2D eigenvalue weighted by atomic mass is 10.1. The Bertz CT molecular complexity index is 366. The maximum absolute atomic E-state index is 3.80. The summed E-state index contributed by atoms with van der Waals surface area (Å²) < 4.78 is 0. The van der Waals surface area contributed by atoms with Gasteiger partial charge in [0.15, 0.2) is 5.82 Å². The Hall–Kier alpha value is -1.71. The van der Waals surface area contributed by atoms with Crippen molar-refractivity contribution in [2.75, 3.05) is 0 Å². The number of benzene rings is 1. The molecule has 1 aromatic carbocycles. The lowest BCUT2D eigenvalue weighted by Crippen LogP contribution is -1.81. The number of nitrogens with zero attached hydrogens (tertiary/aromatic N) is 3. The summed E-state index contributed by atoms with van der Waals surface area (Å²) in [5.41, 5.74) is 2.06. The van der Waals surface area contributed by atoms with Gasteiger partial charge in [-0.3, -0.25) is 0 Å². The number of hydrogen-bond donors (Lipinski definition) is 1. The first-order chi connectivity index (χ1) is 5.86. The van der Waals surface area contributed by atoms with E-state index in [1.165, 1.54) is 0 Å². The first-order valence-corrected chi connectivity index (χ1v) is 3.59. The van der Waals surface area contributed by atoms with Crippen LogP contribution in [0.15, 0.2) is 18.2 Å². The van der Waals surface area contributed by atoms with Crippen LogP contribution in [0.1, 0.15) is 5.56 Å². The van der Waals surface area contributed by atoms with E-state index < -0.39 is 0 Å². The highest BCUT2D eigenvalue weighted by Gasteiger charge is 1.99. The number of aryl methyl sites for hydroxylation is 1. The molecule has 59 valence electrons. The van der Waals surface area contributed by atoms with E-state index in [1.807, 2.05) is 25.1 Å². The third-order valence-corrected chi connectivity index (χ3v) is 1.56. The predicted molar refractivity (Wildman–Crippen MR) is 43.2 cm³/mol. The van der Waals surface area contributed by atoms with E-state index in [2.05, 4.69) is 26.7 Å². The Morgan fingerprint density at radius 1 is 1.50 bits per heavy atom. The smallest absolute Gasteiger partial charge is 0.179 e. The van der Waals surface area contributed by atoms with Gasteiger partial charge in [-0.15, -0.1) is 5.10 Å². The molecule has 1 heterocycles. The van der Waals surface area contributed by atoms with Gasteiger partial charge in [-0.2, -0.15) is 0 Å². The van der Waals surface area contributed by atoms with Crippen LogP contribution < -0.4 is 0 Å². The molecule has 1 N–H and O–H groups in total. The Kier molecular flexibility index (Phi) is 1.59. The van der Waals surface area contributed by atoms with Crippen molar-refractivity contribution in [2.24, 2.45) is 0 Å². The molecule has 4 nitrogen and oxygen atoms in total. The lowest BCUT2D eigenvalue weighted by molar-refractivity contribution is 0.881. The predicted octanol–water partition coefficient (Wildman–Crippen LogP) is 0.975. The van der Waals surface area contributed by atoms with Crippen molar-refractivity contribution in [3.63, 3.8) is 0 Å². The Labute approximate surface area is 69.6 Å². The molecule has 0 saturated heterocycles. The third-order valence-electron chi connectivity index (χ3n) is 1.56. The van der Waals surface area contributed by atoms with E-state index in [9.17, 15) is 0 Å². The molecule has 0 spiro atoms. The van der Waals surface area contributed by atoms with Crippen LogP contribution in [0, 0.1) is 13.0 Å². The topological polar surface area (TPSA) is 54.5 Å². The molecule has 0 fully saturated rings. The van der Waals surface area contributed by atoms with E-state index in [0.717, 1.165) is 11.1 Å². The van der Waals surface area contributed by atoms with Gasteiger partial charge in [0.05, 0.1) is 0 Å². The standard InChI is InChI=1S/C8H7N4/c1-6-3-2-4-7(5-6)8-9-11-12-10-8/h2,4-5H,1H3,(H,9,10,11,12). The Morgan fingerprint density at radius 2 is 2.42 bits per heavy atom. The number of hydrogen-bond acceptors (Lipinski definition) is 3. The minimum atomic E-state index is 0.687. The second kappa shape index (κ2) is 2.73. The summed E-state index contributed by atoms with van der Waals surface area (Å²) in [6.45, 7) is 1.98. The zero-order chi connectivity index (χ0) is 8.39. The van der Waals surface area contributed by atoms with E-state index in [1.54, 1.807) is 0 Å². The number of nitrogens with one attached hydrogen (secondary N) is 1. The number of H-pyrrole nitrogens is 1. The highest BCUT2D eigenvalue weighted by atomic mass is 15.5. The van der Waals surface area contributed by atoms with Crippen molar-refractivity contribution in [1.82, 2.24) is 20.6 Å². The molecule has 0 saturated carbocycles. The minimum Gasteiger partial charge on any atom is -0.239 e. The van der Waals surface area contributed by atoms with Gasteiger partial charge >= 0.3 is 0 Å². The number of aromatic amines is 1. The maximum atomic E-state index is 3.80. The van der Waals surface area contributed by atoms with Gasteiger partial charge in [-0.05, 0) is 35.0 Å². The number of rotatable bonds is 1. The highest BCUT2D eigenvalue weighted by Crippen LogP contribution is 2.13. The van der Waals surface area contributed by atoms with E-state index >= 15 is 0 Å². The Balaban J connectivity index is 2.48. The Morgan fingerprint density at radius 3 is 3.08 bits per heavy atom. The molecular formula is C8H7N4. The normalized spacial score (nSPS) is 10.1. The molecule has 0 aliphatic rings. The first-order valence-electron chi connectivity index (χ1n) is 3.59. The van der Waals surface area contributed by atoms with Gasteiger partial charge in [-0.25, -0.2) is 5.10 Å². The second-order valence-electron chi connectivity index (χ2n) is 2.51. The van der Waals surface area contributed by atoms with Crippen LogP contribution in [0.5, 0.6) is 0 Å². The summed E-state index contributed by atoms with van der Waals surface area (Å²) in [6.07, 6.45) is 0. The van der Waals surface area contributed by atoms with Crippen molar-refractivity contribution >= 4 is 0 Å². The van der Waals surface area contributed by atoms with Crippen LogP contribution in [-0.4, -0.2) is 20.6 Å². The largest absolute Gasteiger partial charge is 0.239 e. The summed E-state index contributed by atoms with van der Waals surface area (Å²) in [5.74, 6) is 0.687. The number of tetrazole rings is 1. The molecular weight excluding hydrogens is 152 g/mol. The quantitative estimate of drug-likeness (QED) is 0.674. The van der Waals surface area contributed by atoms with Crippen LogP contribution in [0.3, 0.4) is 0 Å². The second-order valence-corrected chi connectivity index (χ2v) is 2.51. The molecule has 0 aliphatic carbocycles. The van der Waals surface area contributed by atoms with Crippen molar-refractivity contribution in [3.05, 3.63) is 29.8 Å². The number of aromatic nitrogens is 4. The van der Waals surface area contributed by atoms with Gasteiger partial charge in [0, 0.05) is 5.56 Å². The summed E-state index contributed by atoms with van der Waals surface area (Å²) >= 11 is 0. The van der Waals surface area contributed by atoms with Crippen molar-refractivity contribution in [3.8, 4) is 11.4 Å². The minimum absolute atomic E-state index is 0.687. The van der Waals surface area contributed by atoms with Gasteiger partial charge in [0.1, 0.15) is 0 Å². The maximum Gasteiger partial charge on any atom is 0.179 e. The van der Waals surface area contributed by atoms with E-state index in [0.29, 0.717) is 5.82 Å². The molecule has 2 aromatic rings. The van der Waals surface area contributed by atoms with Gasteiger partial charge < -0.3 is 0 Å². The molecule has 1 aromatic heterocycles. The van der Waals surface area contributed by atoms with E-state index in [4.69, 9.17) is 0 Å². The van der Waals surface area contributed by atoms with Crippen LogP contribution in [0.4, 0.5) is 0 Å². The molecule has 0 aliphatic heterocycles. The van der Waals surface area contributed by atoms with Crippen molar-refractivity contribution in [2.45, 2.75) is 6.92 Å². The fraction of sp³-hybridized carbons (Fsp3) is 0.125. The average molecular weight is 159 g/mol. The molecule has 2 rings (SSSR count). The summed E-state index contributed by atoms with van der Waals surface area (Å²) in [6, 6.07) is 8.79. The molecule has 4 heteroatoms. The summed E-state index contributed by atoms with van der Waals surface area (Å²) in [4.78, 5) is 0. The fourth-order valence-corrected chi connectivity index (χ4v) is 1.01. The van der Waals surface area contributed by atoms with Crippen LogP contribution >= 0.6 is 0 Å². The van der Waals surface area contributed by atoms with Gasteiger partial charge in [0.2, 0.25) is 0 Å². The highest BCUT2D eigenvalue weighted by molar-refractivity contribution is 5.54. The molecule has 0 amide bonds. The third kappa shape index (κ3) is 1.18. The van der Waals surface area contributed by atoms with Crippen LogP contribution in [0.25, 0.3) is 11.4 Å². The molecule has 1 radical (unpaired) electrons.